The SMILES string of the molecule is OC/C=C/C1=CC=C(C(F)(F)F)CC1. The van der Waals surface area contributed by atoms with Crippen molar-refractivity contribution < 1.29 is 18.3 Å². The largest absolute Gasteiger partial charge is 0.412 e. The van der Waals surface area contributed by atoms with Gasteiger partial charge in [0.05, 0.1) is 6.61 Å². The Morgan fingerprint density at radius 2 is 2.00 bits per heavy atom. The summed E-state index contributed by atoms with van der Waals surface area (Å²) in [5.74, 6) is 0. The molecule has 0 radical (unpaired) electrons. The number of hydrogen-bond acceptors (Lipinski definition) is 1. The summed E-state index contributed by atoms with van der Waals surface area (Å²) < 4.78 is 36.5. The second kappa shape index (κ2) is 4.46. The van der Waals surface area contributed by atoms with Crippen LogP contribution in [0.3, 0.4) is 0 Å². The summed E-state index contributed by atoms with van der Waals surface area (Å²) in [4.78, 5) is 0. The van der Waals surface area contributed by atoms with Crippen LogP contribution in [0.4, 0.5) is 13.2 Å². The minimum Gasteiger partial charge on any atom is -0.392 e. The Kier molecular flexibility index (Phi) is 3.52. The Hall–Kier alpha value is -1.03. The van der Waals surface area contributed by atoms with Crippen LogP contribution in [0.25, 0.3) is 0 Å². The van der Waals surface area contributed by atoms with Gasteiger partial charge in [-0.05, 0) is 18.4 Å². The number of rotatable bonds is 2. The Bertz CT molecular complexity index is 284. The van der Waals surface area contributed by atoms with E-state index in [-0.39, 0.29) is 13.0 Å². The van der Waals surface area contributed by atoms with Crippen molar-refractivity contribution in [1.29, 1.82) is 0 Å². The summed E-state index contributed by atoms with van der Waals surface area (Å²) in [5.41, 5.74) is 0.325. The highest BCUT2D eigenvalue weighted by molar-refractivity contribution is 5.32. The van der Waals surface area contributed by atoms with Gasteiger partial charge in [0.25, 0.3) is 0 Å². The van der Waals surface area contributed by atoms with Crippen molar-refractivity contribution in [1.82, 2.24) is 0 Å². The Morgan fingerprint density at radius 3 is 2.43 bits per heavy atom. The van der Waals surface area contributed by atoms with E-state index >= 15 is 0 Å². The fourth-order valence-corrected chi connectivity index (χ4v) is 1.23. The van der Waals surface area contributed by atoms with E-state index in [0.29, 0.717) is 6.42 Å². The van der Waals surface area contributed by atoms with Crippen molar-refractivity contribution in [3.05, 3.63) is 35.5 Å². The lowest BCUT2D eigenvalue weighted by Gasteiger charge is -2.14. The van der Waals surface area contributed by atoms with Crippen molar-refractivity contribution in [2.45, 2.75) is 19.0 Å². The molecule has 1 aliphatic rings. The molecule has 0 aliphatic heterocycles. The molecule has 4 heteroatoms. The molecule has 0 heterocycles. The van der Waals surface area contributed by atoms with E-state index < -0.39 is 11.7 Å². The second-order valence-electron chi connectivity index (χ2n) is 3.02. The molecule has 0 amide bonds. The highest BCUT2D eigenvalue weighted by atomic mass is 19.4. The molecule has 0 fully saturated rings. The van der Waals surface area contributed by atoms with Gasteiger partial charge in [-0.25, -0.2) is 0 Å². The summed E-state index contributed by atoms with van der Waals surface area (Å²) in [6.07, 6.45) is 1.89. The minimum absolute atomic E-state index is 0.0190. The molecular formula is C10H11F3O. The van der Waals surface area contributed by atoms with Crippen molar-refractivity contribution in [3.8, 4) is 0 Å². The van der Waals surface area contributed by atoms with Crippen LogP contribution in [0, 0.1) is 0 Å². The van der Waals surface area contributed by atoms with Gasteiger partial charge in [-0.2, -0.15) is 13.2 Å². The summed E-state index contributed by atoms with van der Waals surface area (Å²) >= 11 is 0. The van der Waals surface area contributed by atoms with E-state index in [1.54, 1.807) is 6.08 Å². The molecular weight excluding hydrogens is 193 g/mol. The van der Waals surface area contributed by atoms with E-state index in [0.717, 1.165) is 11.6 Å². The predicted octanol–water partition coefficient (Wildman–Crippen LogP) is 2.74. The van der Waals surface area contributed by atoms with E-state index in [1.165, 1.54) is 12.2 Å². The van der Waals surface area contributed by atoms with Gasteiger partial charge >= 0.3 is 6.18 Å². The van der Waals surface area contributed by atoms with Gasteiger partial charge in [-0.1, -0.05) is 24.3 Å². The molecule has 0 aromatic rings. The van der Waals surface area contributed by atoms with Crippen LogP contribution in [0.5, 0.6) is 0 Å². The quantitative estimate of drug-likeness (QED) is 0.733. The first-order valence-electron chi connectivity index (χ1n) is 4.28. The van der Waals surface area contributed by atoms with Crippen molar-refractivity contribution in [2.24, 2.45) is 0 Å². The number of alkyl halides is 3. The number of hydrogen-bond donors (Lipinski definition) is 1. The maximum absolute atomic E-state index is 12.2. The first-order valence-corrected chi connectivity index (χ1v) is 4.28. The van der Waals surface area contributed by atoms with E-state index in [2.05, 4.69) is 0 Å². The molecule has 1 N–H and O–H groups in total. The molecule has 0 saturated heterocycles. The number of aliphatic hydroxyl groups is 1. The van der Waals surface area contributed by atoms with Gasteiger partial charge in [0.1, 0.15) is 0 Å². The molecule has 0 saturated carbocycles. The number of aliphatic hydroxyl groups excluding tert-OH is 1. The van der Waals surface area contributed by atoms with Crippen molar-refractivity contribution in [2.75, 3.05) is 6.61 Å². The lowest BCUT2D eigenvalue weighted by molar-refractivity contribution is -0.0940. The van der Waals surface area contributed by atoms with Gasteiger partial charge in [0, 0.05) is 5.57 Å². The van der Waals surface area contributed by atoms with Crippen LogP contribution in [-0.2, 0) is 0 Å². The highest BCUT2D eigenvalue weighted by Crippen LogP contribution is 2.32. The first-order chi connectivity index (χ1) is 6.54. The van der Waals surface area contributed by atoms with E-state index in [9.17, 15) is 13.2 Å². The summed E-state index contributed by atoms with van der Waals surface area (Å²) in [7, 11) is 0. The third-order valence-corrected chi connectivity index (χ3v) is 1.98. The minimum atomic E-state index is -4.21. The monoisotopic (exact) mass is 204 g/mol. The zero-order valence-corrected chi connectivity index (χ0v) is 7.51. The third-order valence-electron chi connectivity index (χ3n) is 1.98. The lowest BCUT2D eigenvalue weighted by Crippen LogP contribution is -2.13. The average Bonchev–Trinajstić information content (AvgIpc) is 2.14. The van der Waals surface area contributed by atoms with Crippen LogP contribution in [0.1, 0.15) is 12.8 Å². The fraction of sp³-hybridized carbons (Fsp3) is 0.400. The molecule has 78 valence electrons. The first kappa shape index (κ1) is 11.0. The molecule has 1 aliphatic carbocycles. The van der Waals surface area contributed by atoms with Crippen LogP contribution >= 0.6 is 0 Å². The molecule has 0 aromatic carbocycles. The molecule has 0 bridgehead atoms. The second-order valence-corrected chi connectivity index (χ2v) is 3.02. The van der Waals surface area contributed by atoms with Gasteiger partial charge in [-0.3, -0.25) is 0 Å². The zero-order valence-electron chi connectivity index (χ0n) is 7.51. The maximum Gasteiger partial charge on any atom is 0.412 e. The zero-order chi connectivity index (χ0) is 10.6. The molecule has 1 nitrogen and oxygen atoms in total. The topological polar surface area (TPSA) is 20.2 Å². The smallest absolute Gasteiger partial charge is 0.392 e. The highest BCUT2D eigenvalue weighted by Gasteiger charge is 2.33. The lowest BCUT2D eigenvalue weighted by atomic mass is 9.98. The Morgan fingerprint density at radius 1 is 1.29 bits per heavy atom. The molecule has 0 aromatic heterocycles. The summed E-state index contributed by atoms with van der Waals surface area (Å²) in [6.45, 7) is -0.0901. The number of allylic oxidation sites excluding steroid dienone is 5. The molecule has 1 rings (SSSR count). The van der Waals surface area contributed by atoms with Gasteiger partial charge in [0.2, 0.25) is 0 Å². The molecule has 0 spiro atoms. The molecule has 14 heavy (non-hydrogen) atoms. The predicted molar refractivity (Wildman–Crippen MR) is 47.7 cm³/mol. The summed E-state index contributed by atoms with van der Waals surface area (Å²) in [6, 6.07) is 0. The maximum atomic E-state index is 12.2. The Labute approximate surface area is 80.2 Å². The molecule has 0 unspecified atom stereocenters. The van der Waals surface area contributed by atoms with Gasteiger partial charge in [-0.15, -0.1) is 0 Å². The average molecular weight is 204 g/mol. The van der Waals surface area contributed by atoms with Crippen LogP contribution in [-0.4, -0.2) is 17.9 Å². The van der Waals surface area contributed by atoms with Crippen molar-refractivity contribution >= 4 is 0 Å². The number of halogens is 3. The Balaban J connectivity index is 2.69. The standard InChI is InChI=1S/C10H11F3O/c11-10(12,13)9-5-3-8(4-6-9)2-1-7-14/h1-3,5,14H,4,6-7H2/b2-1+. The van der Waals surface area contributed by atoms with Crippen LogP contribution < -0.4 is 0 Å². The van der Waals surface area contributed by atoms with E-state index in [1.807, 2.05) is 0 Å². The van der Waals surface area contributed by atoms with Crippen LogP contribution in [0.15, 0.2) is 35.5 Å². The summed E-state index contributed by atoms with van der Waals surface area (Å²) in [5, 5.41) is 8.47. The van der Waals surface area contributed by atoms with Gasteiger partial charge < -0.3 is 5.11 Å². The molecule has 0 atom stereocenters. The van der Waals surface area contributed by atoms with Crippen molar-refractivity contribution in [3.63, 3.8) is 0 Å². The third kappa shape index (κ3) is 3.03. The van der Waals surface area contributed by atoms with Gasteiger partial charge in [0.15, 0.2) is 0 Å². The van der Waals surface area contributed by atoms with Crippen LogP contribution in [0.2, 0.25) is 0 Å². The fourth-order valence-electron chi connectivity index (χ4n) is 1.23. The normalized spacial score (nSPS) is 18.3. The van der Waals surface area contributed by atoms with E-state index in [4.69, 9.17) is 5.11 Å².